The van der Waals surface area contributed by atoms with Crippen molar-refractivity contribution in [1.29, 1.82) is 0 Å². The Labute approximate surface area is 212 Å². The van der Waals surface area contributed by atoms with Crippen LogP contribution < -0.4 is 9.47 Å². The maximum atomic E-state index is 14.9. The number of hydrogen-bond donors (Lipinski definition) is 1. The molecule has 5 rings (SSSR count). The number of H-pyrrole nitrogens is 1. The second-order valence-electron chi connectivity index (χ2n) is 8.59. The second kappa shape index (κ2) is 10.5. The number of amides is 1. The van der Waals surface area contributed by atoms with Gasteiger partial charge in [0.05, 0.1) is 12.3 Å². The van der Waals surface area contributed by atoms with Gasteiger partial charge in [-0.2, -0.15) is 0 Å². The van der Waals surface area contributed by atoms with Gasteiger partial charge in [0.2, 0.25) is 0 Å². The van der Waals surface area contributed by atoms with Crippen molar-refractivity contribution in [3.8, 4) is 39.2 Å². The number of likely N-dealkylation sites (tertiary alicyclic amines) is 1. The summed E-state index contributed by atoms with van der Waals surface area (Å²) in [5.41, 5.74) is 2.85. The SMILES string of the molecule is COC[C@H](C)Oc1cc(Oc2ccc(C(=O)N3CCC3)cc2F)cc(-c2ccc(-c3nccs3)[nH]2)c1. The van der Waals surface area contributed by atoms with Crippen molar-refractivity contribution in [3.63, 3.8) is 0 Å². The van der Waals surface area contributed by atoms with Crippen LogP contribution in [0.15, 0.2) is 60.1 Å². The van der Waals surface area contributed by atoms with Crippen molar-refractivity contribution < 1.29 is 23.4 Å². The lowest BCUT2D eigenvalue weighted by Crippen LogP contribution is -2.42. The number of ether oxygens (including phenoxy) is 3. The highest BCUT2D eigenvalue weighted by molar-refractivity contribution is 7.13. The Balaban J connectivity index is 1.43. The van der Waals surface area contributed by atoms with Gasteiger partial charge < -0.3 is 24.1 Å². The molecule has 0 bridgehead atoms. The lowest BCUT2D eigenvalue weighted by molar-refractivity contribution is 0.0651. The molecule has 1 N–H and O–H groups in total. The summed E-state index contributed by atoms with van der Waals surface area (Å²) >= 11 is 1.54. The van der Waals surface area contributed by atoms with E-state index in [1.165, 1.54) is 12.1 Å². The molecule has 2 aromatic heterocycles. The van der Waals surface area contributed by atoms with Crippen LogP contribution in [0, 0.1) is 5.82 Å². The van der Waals surface area contributed by atoms with Crippen molar-refractivity contribution >= 4 is 17.2 Å². The van der Waals surface area contributed by atoms with Gasteiger partial charge in [0, 0.05) is 54.7 Å². The van der Waals surface area contributed by atoms with Crippen LogP contribution in [-0.4, -0.2) is 53.7 Å². The van der Waals surface area contributed by atoms with E-state index in [2.05, 4.69) is 9.97 Å². The molecule has 0 saturated carbocycles. The maximum absolute atomic E-state index is 14.9. The Kier molecular flexibility index (Phi) is 7.02. The van der Waals surface area contributed by atoms with Gasteiger partial charge in [0.1, 0.15) is 22.6 Å². The highest BCUT2D eigenvalue weighted by atomic mass is 32.1. The second-order valence-corrected chi connectivity index (χ2v) is 9.49. The number of carbonyl (C=O) groups excluding carboxylic acids is 1. The fourth-order valence-corrected chi connectivity index (χ4v) is 4.56. The van der Waals surface area contributed by atoms with E-state index in [9.17, 15) is 9.18 Å². The van der Waals surface area contributed by atoms with Gasteiger partial charge in [-0.25, -0.2) is 9.37 Å². The fraction of sp³-hybridized carbons (Fsp3) is 0.259. The predicted molar refractivity (Wildman–Crippen MR) is 136 cm³/mol. The fourth-order valence-electron chi connectivity index (χ4n) is 3.95. The lowest BCUT2D eigenvalue weighted by Gasteiger charge is -2.30. The number of carbonyl (C=O) groups is 1. The molecule has 1 saturated heterocycles. The third-order valence-corrected chi connectivity index (χ3v) is 6.63. The molecule has 1 aliphatic heterocycles. The van der Waals surface area contributed by atoms with Gasteiger partial charge in [-0.3, -0.25) is 4.79 Å². The van der Waals surface area contributed by atoms with E-state index in [1.807, 2.05) is 36.6 Å². The molecule has 0 aliphatic carbocycles. The number of benzene rings is 2. The smallest absolute Gasteiger partial charge is 0.253 e. The molecule has 0 unspecified atom stereocenters. The molecular weight excluding hydrogens is 481 g/mol. The lowest BCUT2D eigenvalue weighted by atomic mass is 10.1. The third-order valence-electron chi connectivity index (χ3n) is 5.83. The van der Waals surface area contributed by atoms with Gasteiger partial charge in [-0.15, -0.1) is 11.3 Å². The molecule has 1 atom stereocenters. The van der Waals surface area contributed by atoms with Crippen LogP contribution in [-0.2, 0) is 4.74 Å². The van der Waals surface area contributed by atoms with E-state index in [0.717, 1.165) is 28.4 Å². The molecule has 2 aromatic carbocycles. The monoisotopic (exact) mass is 507 g/mol. The van der Waals surface area contributed by atoms with Crippen LogP contribution in [0.4, 0.5) is 4.39 Å². The topological polar surface area (TPSA) is 76.7 Å². The molecule has 4 aromatic rings. The van der Waals surface area contributed by atoms with Gasteiger partial charge in [0.15, 0.2) is 11.6 Å². The van der Waals surface area contributed by atoms with Crippen LogP contribution in [0.3, 0.4) is 0 Å². The van der Waals surface area contributed by atoms with Gasteiger partial charge >= 0.3 is 0 Å². The molecule has 0 radical (unpaired) electrons. The van der Waals surface area contributed by atoms with E-state index in [1.54, 1.807) is 41.7 Å². The summed E-state index contributed by atoms with van der Waals surface area (Å²) in [6.45, 7) is 3.73. The first-order valence-electron chi connectivity index (χ1n) is 11.7. The minimum absolute atomic E-state index is 0.0261. The Morgan fingerprint density at radius 3 is 2.64 bits per heavy atom. The number of methoxy groups -OCH3 is 1. The third kappa shape index (κ3) is 5.27. The Morgan fingerprint density at radius 1 is 1.14 bits per heavy atom. The first kappa shape index (κ1) is 24.0. The molecule has 186 valence electrons. The number of nitrogens with one attached hydrogen (secondary N) is 1. The average molecular weight is 508 g/mol. The normalized spacial score (nSPS) is 13.8. The van der Waals surface area contributed by atoms with Crippen LogP contribution in [0.1, 0.15) is 23.7 Å². The zero-order valence-electron chi connectivity index (χ0n) is 20.0. The van der Waals surface area contributed by atoms with E-state index in [4.69, 9.17) is 14.2 Å². The first-order valence-corrected chi connectivity index (χ1v) is 12.5. The molecular formula is C27H26FN3O4S. The van der Waals surface area contributed by atoms with Crippen LogP contribution >= 0.6 is 11.3 Å². The summed E-state index contributed by atoms with van der Waals surface area (Å²) < 4.78 is 32.1. The summed E-state index contributed by atoms with van der Waals surface area (Å²) in [7, 11) is 1.61. The van der Waals surface area contributed by atoms with E-state index < -0.39 is 5.82 Å². The molecule has 36 heavy (non-hydrogen) atoms. The van der Waals surface area contributed by atoms with Crippen molar-refractivity contribution in [1.82, 2.24) is 14.9 Å². The molecule has 1 amide bonds. The van der Waals surface area contributed by atoms with Crippen LogP contribution in [0.2, 0.25) is 0 Å². The molecule has 7 nitrogen and oxygen atoms in total. The van der Waals surface area contributed by atoms with Crippen molar-refractivity contribution in [2.75, 3.05) is 26.8 Å². The largest absolute Gasteiger partial charge is 0.488 e. The Morgan fingerprint density at radius 2 is 1.94 bits per heavy atom. The zero-order chi connectivity index (χ0) is 25.1. The number of rotatable bonds is 9. The molecule has 9 heteroatoms. The summed E-state index contributed by atoms with van der Waals surface area (Å²) in [6, 6.07) is 13.6. The number of hydrogen-bond acceptors (Lipinski definition) is 6. The quantitative estimate of drug-likeness (QED) is 0.301. The first-order chi connectivity index (χ1) is 17.5. The van der Waals surface area contributed by atoms with E-state index in [0.29, 0.717) is 36.8 Å². The highest BCUT2D eigenvalue weighted by Crippen LogP contribution is 2.35. The molecule has 1 fully saturated rings. The number of halogens is 1. The van der Waals surface area contributed by atoms with Crippen LogP contribution in [0.25, 0.3) is 22.0 Å². The zero-order valence-corrected chi connectivity index (χ0v) is 20.8. The molecule has 0 spiro atoms. The Hall–Kier alpha value is -3.69. The van der Waals surface area contributed by atoms with Gasteiger partial charge in [-0.05, 0) is 55.8 Å². The van der Waals surface area contributed by atoms with E-state index >= 15 is 0 Å². The van der Waals surface area contributed by atoms with Crippen LogP contribution in [0.5, 0.6) is 17.2 Å². The standard InChI is InChI=1S/C27H26FN3O4S/c1-17(16-33-2)34-20-12-19(23-5-6-24(30-23)26-29-8-11-36-26)13-21(15-20)35-25-7-4-18(14-22(25)28)27(32)31-9-3-10-31/h4-8,11-15,17,30H,3,9-10,16H2,1-2H3/t17-/m0/s1. The van der Waals surface area contributed by atoms with Crippen molar-refractivity contribution in [2.45, 2.75) is 19.4 Å². The molecule has 1 aliphatic rings. The Bertz CT molecular complexity index is 1350. The summed E-state index contributed by atoms with van der Waals surface area (Å²) in [4.78, 5) is 21.8. The minimum Gasteiger partial charge on any atom is -0.488 e. The maximum Gasteiger partial charge on any atom is 0.253 e. The minimum atomic E-state index is -0.604. The average Bonchev–Trinajstić information content (AvgIpc) is 3.51. The van der Waals surface area contributed by atoms with Crippen molar-refractivity contribution in [3.05, 3.63) is 71.5 Å². The highest BCUT2D eigenvalue weighted by Gasteiger charge is 2.22. The number of nitrogens with zero attached hydrogens (tertiary/aromatic N) is 2. The summed E-state index contributed by atoms with van der Waals surface area (Å²) in [5, 5.41) is 2.80. The van der Waals surface area contributed by atoms with Crippen molar-refractivity contribution in [2.24, 2.45) is 0 Å². The van der Waals surface area contributed by atoms with Gasteiger partial charge in [-0.1, -0.05) is 0 Å². The number of aromatic amines is 1. The number of thiazole rings is 1. The predicted octanol–water partition coefficient (Wildman–Crippen LogP) is 6.00. The summed E-state index contributed by atoms with van der Waals surface area (Å²) in [6.07, 6.45) is 2.54. The van der Waals surface area contributed by atoms with Gasteiger partial charge in [0.25, 0.3) is 5.91 Å². The molecule has 3 heterocycles. The van der Waals surface area contributed by atoms with E-state index in [-0.39, 0.29) is 17.8 Å². The summed E-state index contributed by atoms with van der Waals surface area (Å²) in [5.74, 6) is 0.214. The number of aromatic nitrogens is 2.